The lowest BCUT2D eigenvalue weighted by Crippen LogP contribution is -2.52. The zero-order chi connectivity index (χ0) is 70.2. The van der Waals surface area contributed by atoms with Gasteiger partial charge in [0, 0.05) is 165 Å². The van der Waals surface area contributed by atoms with Crippen LogP contribution in [-0.4, -0.2) is 161 Å². The second-order valence-corrected chi connectivity index (χ2v) is 26.6. The van der Waals surface area contributed by atoms with Crippen LogP contribution >= 0.6 is 0 Å². The van der Waals surface area contributed by atoms with E-state index in [2.05, 4.69) is 149 Å². The Bertz CT molecular complexity index is 4780. The number of rotatable bonds is 21. The van der Waals surface area contributed by atoms with E-state index in [4.69, 9.17) is 0 Å². The number of carbonyl (C=O) groups is 4. The summed E-state index contributed by atoms with van der Waals surface area (Å²) in [6, 6.07) is 48.7. The van der Waals surface area contributed by atoms with E-state index >= 15 is 0 Å². The van der Waals surface area contributed by atoms with Gasteiger partial charge in [-0.25, -0.2) is 15.0 Å². The van der Waals surface area contributed by atoms with Crippen LogP contribution in [-0.2, 0) is 13.1 Å². The van der Waals surface area contributed by atoms with Crippen molar-refractivity contribution in [3.05, 3.63) is 229 Å². The molecule has 4 amide bonds. The first-order chi connectivity index (χ1) is 50.6. The van der Waals surface area contributed by atoms with Crippen molar-refractivity contribution in [1.29, 1.82) is 0 Å². The Hall–Kier alpha value is -11.7. The number of aromatic amines is 1. The number of nitrogens with one attached hydrogen (secondary N) is 8. The van der Waals surface area contributed by atoms with Crippen molar-refractivity contribution >= 4 is 80.4 Å². The fourth-order valence-corrected chi connectivity index (χ4v) is 14.3. The van der Waals surface area contributed by atoms with Gasteiger partial charge in [0.25, 0.3) is 23.6 Å². The monoisotopic (exact) mass is 1380 g/mol. The number of fused-ring (bicyclic) bond motifs is 5. The number of carbonyl (C=O) groups excluding carboxylic acids is 4. The fourth-order valence-electron chi connectivity index (χ4n) is 14.3. The number of anilines is 7. The Labute approximate surface area is 597 Å². The molecule has 12 aromatic rings. The number of hydrogen-bond donors (Lipinski definition) is 8. The van der Waals surface area contributed by atoms with Crippen LogP contribution in [0.15, 0.2) is 195 Å². The third-order valence-electron chi connectivity index (χ3n) is 20.4. The molecule has 5 aliphatic rings. The number of H-pyrrole nitrogens is 1. The molecule has 1 aliphatic carbocycles. The van der Waals surface area contributed by atoms with Crippen molar-refractivity contribution in [1.82, 2.24) is 74.3 Å². The van der Waals surface area contributed by atoms with Gasteiger partial charge in [0.2, 0.25) is 0 Å². The summed E-state index contributed by atoms with van der Waals surface area (Å²) in [5.74, 6) is -0.159. The predicted octanol–water partition coefficient (Wildman–Crippen LogP) is 12.0. The highest BCUT2D eigenvalue weighted by atomic mass is 16.2. The number of nitrogens with zero attached hydrogens (tertiary/aromatic N) is 11. The van der Waals surface area contributed by atoms with Gasteiger partial charge in [0.05, 0.1) is 40.3 Å². The standard InChI is InChI=1S/C28H28N6O2.C28H30N6O2.C24H27N7/c35-27(30-11-15-33-13-1-2-14-33)19-3-6-22(7-4-19)32-24-9-10-25(34-16-12-29-26(24)34)20-5-8-23-21(17-20)18-31-28(23)36;1-3-33(4-2)15-13-30-27(35)19-5-8-22(9-6-19)32-24-11-12-25(34-16-14-29-26(24)34)20-7-10-23-21(17-20)18-31-28(23)36;1-2-20(3-1)29-12-14-30(15-13-29)21-6-4-19(5-7-21)28-22-8-9-23(18-16-26-27-17-18)31-11-10-25-24(22)31/h3-10,12,16-17,32H,1-2,11,13-15,18H2,(H,30,35)(H,31,36);5-12,14,16-17,32H,3-4,13,15,18H2,1-2H3,(H,30,35)(H,31,36);4-11,16-17,20,28H,1-3,12-15H2,(H,26,27). The molecule has 0 atom stereocenters. The van der Waals surface area contributed by atoms with E-state index in [0.29, 0.717) is 37.3 Å². The number of benzene rings is 5. The van der Waals surface area contributed by atoms with E-state index in [-0.39, 0.29) is 23.6 Å². The van der Waals surface area contributed by atoms with Crippen LogP contribution in [0, 0.1) is 0 Å². The molecule has 17 rings (SSSR count). The Morgan fingerprint density at radius 2 is 0.981 bits per heavy atom. The molecule has 524 valence electrons. The normalized spacial score (nSPS) is 15.0. The number of aromatic nitrogens is 8. The molecule has 2 saturated heterocycles. The average molecular weight is 1380 g/mol. The summed E-state index contributed by atoms with van der Waals surface area (Å²) in [7, 11) is 0. The van der Waals surface area contributed by atoms with E-state index in [9.17, 15) is 19.2 Å². The van der Waals surface area contributed by atoms with Gasteiger partial charge < -0.3 is 51.9 Å². The number of piperazine rings is 1. The molecular formula is C80H85N19O4. The van der Waals surface area contributed by atoms with Gasteiger partial charge in [-0.1, -0.05) is 32.4 Å². The summed E-state index contributed by atoms with van der Waals surface area (Å²) < 4.78 is 6.16. The molecule has 5 aromatic carbocycles. The molecule has 23 nitrogen and oxygen atoms in total. The number of likely N-dealkylation sites (N-methyl/N-ethyl adjacent to an activating group) is 1. The van der Waals surface area contributed by atoms with E-state index in [1.165, 1.54) is 50.9 Å². The Morgan fingerprint density at radius 3 is 1.43 bits per heavy atom. The molecule has 0 bridgehead atoms. The largest absolute Gasteiger partial charge is 0.369 e. The molecule has 3 fully saturated rings. The first-order valence-corrected chi connectivity index (χ1v) is 35.9. The van der Waals surface area contributed by atoms with Gasteiger partial charge >= 0.3 is 0 Å². The van der Waals surface area contributed by atoms with Crippen molar-refractivity contribution < 1.29 is 19.2 Å². The van der Waals surface area contributed by atoms with Crippen molar-refractivity contribution in [3.63, 3.8) is 0 Å². The van der Waals surface area contributed by atoms with Crippen LogP contribution in [0.25, 0.3) is 50.7 Å². The summed E-state index contributed by atoms with van der Waals surface area (Å²) >= 11 is 0. The quantitative estimate of drug-likeness (QED) is 0.0333. The lowest BCUT2D eigenvalue weighted by atomic mass is 9.91. The van der Waals surface area contributed by atoms with Crippen molar-refractivity contribution in [2.45, 2.75) is 65.1 Å². The highest BCUT2D eigenvalue weighted by molar-refractivity contribution is 6.00. The number of likely N-dealkylation sites (tertiary alicyclic amines) is 1. The highest BCUT2D eigenvalue weighted by Gasteiger charge is 2.29. The zero-order valence-electron chi connectivity index (χ0n) is 58.0. The Balaban J connectivity index is 0.000000125. The van der Waals surface area contributed by atoms with Crippen LogP contribution < -0.4 is 42.1 Å². The maximum atomic E-state index is 12.5. The van der Waals surface area contributed by atoms with Crippen LogP contribution in [0.3, 0.4) is 0 Å². The minimum atomic E-state index is -0.0695. The molecule has 23 heteroatoms. The first-order valence-electron chi connectivity index (χ1n) is 35.9. The van der Waals surface area contributed by atoms with E-state index < -0.39 is 0 Å². The van der Waals surface area contributed by atoms with Gasteiger partial charge in [-0.2, -0.15) is 5.10 Å². The Morgan fingerprint density at radius 1 is 0.515 bits per heavy atom. The number of imidazole rings is 3. The second-order valence-electron chi connectivity index (χ2n) is 26.6. The van der Waals surface area contributed by atoms with Gasteiger partial charge in [-0.15, -0.1) is 0 Å². The van der Waals surface area contributed by atoms with Gasteiger partial charge in [-0.3, -0.25) is 42.4 Å². The number of amides is 4. The topological polar surface area (TPSA) is 246 Å². The molecule has 11 heterocycles. The van der Waals surface area contributed by atoms with Gasteiger partial charge in [-0.05, 0) is 208 Å². The molecule has 0 unspecified atom stereocenters. The number of hydrogen-bond acceptors (Lipinski definition) is 15. The molecule has 1 saturated carbocycles. The van der Waals surface area contributed by atoms with Crippen LogP contribution in [0.1, 0.15) is 98.5 Å². The predicted molar refractivity (Wildman–Crippen MR) is 405 cm³/mol. The summed E-state index contributed by atoms with van der Waals surface area (Å²) in [6.07, 6.45) is 21.7. The summed E-state index contributed by atoms with van der Waals surface area (Å²) in [6.45, 7) is 17.2. The molecule has 0 radical (unpaired) electrons. The SMILES string of the molecule is CCN(CC)CCNC(=O)c1ccc(Nc2ccc(-c3ccc4c(c3)CNC4=O)n3ccnc23)cc1.O=C(NCCN1CCCC1)c1ccc(Nc2ccc(-c3ccc4c(c3)CNC4=O)n3ccnc23)cc1.c1cn2c(-c3cn[nH]c3)ccc(Nc3ccc(N4CCN(C5CCC5)CC4)cc3)c2n1. The molecular weight excluding hydrogens is 1290 g/mol. The van der Waals surface area contributed by atoms with Crippen LogP contribution in [0.2, 0.25) is 0 Å². The smallest absolute Gasteiger partial charge is 0.251 e. The minimum Gasteiger partial charge on any atom is -0.369 e. The van der Waals surface area contributed by atoms with Crippen molar-refractivity contribution in [3.8, 4) is 33.8 Å². The lowest BCUT2D eigenvalue weighted by molar-refractivity contribution is 0.0941. The summed E-state index contributed by atoms with van der Waals surface area (Å²) in [4.78, 5) is 72.3. The van der Waals surface area contributed by atoms with Crippen molar-refractivity contribution in [2.75, 3.05) is 99.4 Å². The molecule has 4 aliphatic heterocycles. The Kier molecular flexibility index (Phi) is 20.0. The third kappa shape index (κ3) is 14.9. The van der Waals surface area contributed by atoms with Gasteiger partial charge in [0.15, 0.2) is 16.9 Å². The summed E-state index contributed by atoms with van der Waals surface area (Å²) in [5, 5.41) is 29.1. The maximum Gasteiger partial charge on any atom is 0.251 e. The zero-order valence-corrected chi connectivity index (χ0v) is 58.0. The third-order valence-corrected chi connectivity index (χ3v) is 20.4. The highest BCUT2D eigenvalue weighted by Crippen LogP contribution is 2.34. The lowest BCUT2D eigenvalue weighted by Gasteiger charge is -2.43. The van der Waals surface area contributed by atoms with Crippen molar-refractivity contribution in [2.24, 2.45) is 0 Å². The van der Waals surface area contributed by atoms with Crippen LogP contribution in [0.5, 0.6) is 0 Å². The molecule has 8 N–H and O–H groups in total. The molecule has 0 spiro atoms. The van der Waals surface area contributed by atoms with E-state index in [0.717, 1.165) is 165 Å². The van der Waals surface area contributed by atoms with Crippen LogP contribution in [0.4, 0.5) is 39.8 Å². The fraction of sp³-hybridized carbons (Fsp3) is 0.275. The second kappa shape index (κ2) is 30.7. The van der Waals surface area contributed by atoms with Gasteiger partial charge in [0.1, 0.15) is 0 Å². The van der Waals surface area contributed by atoms with E-state index in [1.807, 2.05) is 143 Å². The first kappa shape index (κ1) is 67.2. The molecule has 7 aromatic heterocycles. The number of pyridine rings is 3. The van der Waals surface area contributed by atoms with E-state index in [1.54, 1.807) is 12.4 Å². The summed E-state index contributed by atoms with van der Waals surface area (Å²) in [5.41, 5.74) is 20.2. The maximum absolute atomic E-state index is 12.5. The minimum absolute atomic E-state index is 0.0190. The molecule has 103 heavy (non-hydrogen) atoms. The average Bonchev–Trinajstić information content (AvgIpc) is 1.70.